The quantitative estimate of drug-likeness (QED) is 0.928. The number of nitrogens with two attached hydrogens (primary N) is 1. The van der Waals surface area contributed by atoms with Gasteiger partial charge in [-0.3, -0.25) is 4.79 Å². The van der Waals surface area contributed by atoms with Gasteiger partial charge in [-0.05, 0) is 17.5 Å². The zero-order valence-corrected chi connectivity index (χ0v) is 12.1. The Bertz CT molecular complexity index is 393. The highest BCUT2D eigenvalue weighted by atomic mass is 79.9. The van der Waals surface area contributed by atoms with E-state index in [4.69, 9.17) is 5.73 Å². The van der Waals surface area contributed by atoms with Gasteiger partial charge in [0.05, 0.1) is 6.04 Å². The molecule has 0 aliphatic carbocycles. The number of amides is 1. The Morgan fingerprint density at radius 3 is 2.53 bits per heavy atom. The van der Waals surface area contributed by atoms with Gasteiger partial charge in [0, 0.05) is 18.1 Å². The first-order valence-corrected chi connectivity index (χ1v) is 6.46. The van der Waals surface area contributed by atoms with Crippen molar-refractivity contribution in [3.05, 3.63) is 34.3 Å². The molecule has 0 saturated carbocycles. The van der Waals surface area contributed by atoms with Crippen LogP contribution >= 0.6 is 15.9 Å². The molecule has 0 heterocycles. The summed E-state index contributed by atoms with van der Waals surface area (Å²) in [6.07, 6.45) is 0. The number of benzene rings is 1. The summed E-state index contributed by atoms with van der Waals surface area (Å²) in [6, 6.07) is 7.45. The van der Waals surface area contributed by atoms with Crippen molar-refractivity contribution in [1.29, 1.82) is 0 Å². The minimum atomic E-state index is -0.428. The molecular weight excluding hydrogens is 280 g/mol. The molecule has 0 aliphatic heterocycles. The van der Waals surface area contributed by atoms with E-state index in [1.165, 1.54) is 0 Å². The monoisotopic (exact) mass is 298 g/mol. The molecule has 0 unspecified atom stereocenters. The number of hydrogen-bond acceptors (Lipinski definition) is 2. The molecule has 0 radical (unpaired) electrons. The van der Waals surface area contributed by atoms with E-state index in [1.54, 1.807) is 11.9 Å². The Balaban J connectivity index is 2.70. The van der Waals surface area contributed by atoms with Crippen LogP contribution in [-0.2, 0) is 11.3 Å². The number of carbonyl (C=O) groups excluding carboxylic acids is 1. The molecule has 1 amide bonds. The summed E-state index contributed by atoms with van der Waals surface area (Å²) in [4.78, 5) is 13.7. The summed E-state index contributed by atoms with van der Waals surface area (Å²) >= 11 is 3.47. The number of nitrogens with zero attached hydrogens (tertiary/aromatic N) is 1. The van der Waals surface area contributed by atoms with Gasteiger partial charge in [0.15, 0.2) is 0 Å². The van der Waals surface area contributed by atoms with Crippen LogP contribution in [-0.4, -0.2) is 23.9 Å². The van der Waals surface area contributed by atoms with E-state index in [-0.39, 0.29) is 11.8 Å². The number of likely N-dealkylation sites (N-methyl/N-ethyl adjacent to an activating group) is 1. The normalized spacial score (nSPS) is 12.6. The lowest BCUT2D eigenvalue weighted by atomic mass is 10.0. The Hall–Kier alpha value is -0.870. The summed E-state index contributed by atoms with van der Waals surface area (Å²) in [7, 11) is 1.78. The van der Waals surface area contributed by atoms with Gasteiger partial charge >= 0.3 is 0 Å². The predicted molar refractivity (Wildman–Crippen MR) is 73.4 cm³/mol. The fraction of sp³-hybridized carbons (Fsp3) is 0.462. The topological polar surface area (TPSA) is 46.3 Å². The summed E-state index contributed by atoms with van der Waals surface area (Å²) in [5.74, 6) is 0.139. The van der Waals surface area contributed by atoms with Gasteiger partial charge < -0.3 is 10.6 Å². The van der Waals surface area contributed by atoms with Crippen molar-refractivity contribution in [3.63, 3.8) is 0 Å². The fourth-order valence-electron chi connectivity index (χ4n) is 1.50. The van der Waals surface area contributed by atoms with Crippen LogP contribution in [0.15, 0.2) is 28.7 Å². The van der Waals surface area contributed by atoms with E-state index in [9.17, 15) is 4.79 Å². The molecule has 0 fully saturated rings. The number of rotatable bonds is 4. The molecule has 0 saturated heterocycles. The minimum Gasteiger partial charge on any atom is -0.340 e. The maximum Gasteiger partial charge on any atom is 0.239 e. The lowest BCUT2D eigenvalue weighted by Crippen LogP contribution is -2.44. The molecule has 1 aromatic rings. The van der Waals surface area contributed by atoms with Crippen LogP contribution in [0.3, 0.4) is 0 Å². The first-order valence-electron chi connectivity index (χ1n) is 5.67. The molecule has 0 bridgehead atoms. The molecule has 1 rings (SSSR count). The summed E-state index contributed by atoms with van der Waals surface area (Å²) in [5.41, 5.74) is 6.93. The molecule has 1 atom stereocenters. The molecule has 4 heteroatoms. The van der Waals surface area contributed by atoms with Gasteiger partial charge in [0.25, 0.3) is 0 Å². The maximum atomic E-state index is 12.0. The zero-order chi connectivity index (χ0) is 13.0. The smallest absolute Gasteiger partial charge is 0.239 e. The highest BCUT2D eigenvalue weighted by molar-refractivity contribution is 9.10. The predicted octanol–water partition coefficient (Wildman–Crippen LogP) is 2.39. The first-order chi connectivity index (χ1) is 7.93. The van der Waals surface area contributed by atoms with Crippen LogP contribution in [0, 0.1) is 5.92 Å². The lowest BCUT2D eigenvalue weighted by molar-refractivity contribution is -0.132. The summed E-state index contributed by atoms with van der Waals surface area (Å²) < 4.78 is 1.01. The average molecular weight is 299 g/mol. The summed E-state index contributed by atoms with van der Waals surface area (Å²) in [6.45, 7) is 4.48. The minimum absolute atomic E-state index is 0.0178. The van der Waals surface area contributed by atoms with Gasteiger partial charge in [-0.2, -0.15) is 0 Å². The van der Waals surface area contributed by atoms with Gasteiger partial charge in [-0.1, -0.05) is 48.0 Å². The second-order valence-corrected chi connectivity index (χ2v) is 5.41. The van der Waals surface area contributed by atoms with Crippen LogP contribution in [0.5, 0.6) is 0 Å². The molecule has 94 valence electrons. The third-order valence-corrected chi connectivity index (χ3v) is 3.52. The number of carbonyl (C=O) groups is 1. The second-order valence-electron chi connectivity index (χ2n) is 4.56. The van der Waals surface area contributed by atoms with E-state index in [0.717, 1.165) is 10.0 Å². The van der Waals surface area contributed by atoms with Gasteiger partial charge in [0.1, 0.15) is 0 Å². The van der Waals surface area contributed by atoms with E-state index in [1.807, 2.05) is 38.1 Å². The maximum absolute atomic E-state index is 12.0. The lowest BCUT2D eigenvalue weighted by Gasteiger charge is -2.23. The fourth-order valence-corrected chi connectivity index (χ4v) is 1.91. The van der Waals surface area contributed by atoms with Gasteiger partial charge in [-0.25, -0.2) is 0 Å². The highest BCUT2D eigenvalue weighted by Gasteiger charge is 2.21. The van der Waals surface area contributed by atoms with E-state index in [2.05, 4.69) is 15.9 Å². The van der Waals surface area contributed by atoms with Crippen molar-refractivity contribution >= 4 is 21.8 Å². The SMILES string of the molecule is CC(C)[C@H](N)C(=O)N(C)Cc1ccccc1Br. The third-order valence-electron chi connectivity index (χ3n) is 2.74. The van der Waals surface area contributed by atoms with Crippen molar-refractivity contribution in [3.8, 4) is 0 Å². The molecular formula is C13H19BrN2O. The molecule has 3 nitrogen and oxygen atoms in total. The van der Waals surface area contributed by atoms with Crippen LogP contribution < -0.4 is 5.73 Å². The zero-order valence-electron chi connectivity index (χ0n) is 10.5. The molecule has 0 aliphatic rings. The van der Waals surface area contributed by atoms with Gasteiger partial charge in [0.2, 0.25) is 5.91 Å². The van der Waals surface area contributed by atoms with Crippen molar-refractivity contribution in [2.45, 2.75) is 26.4 Å². The van der Waals surface area contributed by atoms with Crippen molar-refractivity contribution < 1.29 is 4.79 Å². The second kappa shape index (κ2) is 6.17. The highest BCUT2D eigenvalue weighted by Crippen LogP contribution is 2.17. The van der Waals surface area contributed by atoms with Gasteiger partial charge in [-0.15, -0.1) is 0 Å². The molecule has 0 spiro atoms. The average Bonchev–Trinajstić information content (AvgIpc) is 2.30. The number of halogens is 1. The Kier molecular flexibility index (Phi) is 5.15. The van der Waals surface area contributed by atoms with Crippen LogP contribution in [0.4, 0.5) is 0 Å². The summed E-state index contributed by atoms with van der Waals surface area (Å²) in [5, 5.41) is 0. The van der Waals surface area contributed by atoms with Crippen LogP contribution in [0.2, 0.25) is 0 Å². The largest absolute Gasteiger partial charge is 0.340 e. The Labute approximate surface area is 111 Å². The first kappa shape index (κ1) is 14.2. The Morgan fingerprint density at radius 2 is 2.00 bits per heavy atom. The Morgan fingerprint density at radius 1 is 1.41 bits per heavy atom. The van der Waals surface area contributed by atoms with E-state index in [0.29, 0.717) is 6.54 Å². The molecule has 2 N–H and O–H groups in total. The van der Waals surface area contributed by atoms with E-state index >= 15 is 0 Å². The van der Waals surface area contributed by atoms with Crippen LogP contribution in [0.25, 0.3) is 0 Å². The third kappa shape index (κ3) is 3.82. The molecule has 0 aromatic heterocycles. The van der Waals surface area contributed by atoms with Crippen molar-refractivity contribution in [2.75, 3.05) is 7.05 Å². The van der Waals surface area contributed by atoms with Crippen molar-refractivity contribution in [1.82, 2.24) is 4.90 Å². The standard InChI is InChI=1S/C13H19BrN2O/c1-9(2)12(15)13(17)16(3)8-10-6-4-5-7-11(10)14/h4-7,9,12H,8,15H2,1-3H3/t12-/m0/s1. The van der Waals surface area contributed by atoms with Crippen LogP contribution in [0.1, 0.15) is 19.4 Å². The van der Waals surface area contributed by atoms with E-state index < -0.39 is 6.04 Å². The number of hydrogen-bond donors (Lipinski definition) is 1. The van der Waals surface area contributed by atoms with Crippen molar-refractivity contribution in [2.24, 2.45) is 11.7 Å². The molecule has 17 heavy (non-hydrogen) atoms. The molecule has 1 aromatic carbocycles.